The van der Waals surface area contributed by atoms with E-state index >= 15 is 0 Å². The molecule has 0 N–H and O–H groups in total. The van der Waals surface area contributed by atoms with Crippen LogP contribution in [0.2, 0.25) is 0 Å². The summed E-state index contributed by atoms with van der Waals surface area (Å²) in [5.74, 6) is -0.469. The average Bonchev–Trinajstić information content (AvgIpc) is 3.08. The van der Waals surface area contributed by atoms with Crippen LogP contribution in [0.25, 0.3) is 17.3 Å². The van der Waals surface area contributed by atoms with Crippen molar-refractivity contribution in [3.05, 3.63) is 94.0 Å². The van der Waals surface area contributed by atoms with Crippen molar-refractivity contribution in [3.63, 3.8) is 0 Å². The van der Waals surface area contributed by atoms with Crippen LogP contribution in [0.1, 0.15) is 11.3 Å². The lowest BCUT2D eigenvalue weighted by Gasteiger charge is -2.07. The van der Waals surface area contributed by atoms with Gasteiger partial charge in [0.15, 0.2) is 0 Å². The second-order valence-corrected chi connectivity index (χ2v) is 5.23. The molecule has 0 fully saturated rings. The number of allylic oxidation sites excluding steroid dienone is 1. The van der Waals surface area contributed by atoms with E-state index in [1.54, 1.807) is 59.3 Å². The summed E-state index contributed by atoms with van der Waals surface area (Å²) in [5.41, 5.74) is 1.78. The SMILES string of the molecule is N#C/C(=C/c1cccn1-c1ccc([N+](=O)[O-])cc1)c1ccccc1F. The molecule has 0 aliphatic rings. The summed E-state index contributed by atoms with van der Waals surface area (Å²) >= 11 is 0. The maximum atomic E-state index is 13.9. The van der Waals surface area contributed by atoms with Gasteiger partial charge in [-0.05, 0) is 36.4 Å². The quantitative estimate of drug-likeness (QED) is 0.398. The number of nitro groups is 1. The Morgan fingerprint density at radius 1 is 1.12 bits per heavy atom. The molecular formula is C19H12FN3O2. The molecular weight excluding hydrogens is 321 g/mol. The predicted molar refractivity (Wildman–Crippen MR) is 92.3 cm³/mol. The minimum absolute atomic E-state index is 0.00271. The lowest BCUT2D eigenvalue weighted by molar-refractivity contribution is -0.384. The Morgan fingerprint density at radius 3 is 2.48 bits per heavy atom. The number of aromatic nitrogens is 1. The molecule has 122 valence electrons. The highest BCUT2D eigenvalue weighted by Gasteiger charge is 2.10. The van der Waals surface area contributed by atoms with Gasteiger partial charge in [0.2, 0.25) is 0 Å². The number of nitro benzene ring substituents is 1. The molecule has 0 unspecified atom stereocenters. The van der Waals surface area contributed by atoms with E-state index in [4.69, 9.17) is 0 Å². The number of halogens is 1. The van der Waals surface area contributed by atoms with E-state index in [2.05, 4.69) is 0 Å². The number of non-ortho nitro benzene ring substituents is 1. The van der Waals surface area contributed by atoms with Gasteiger partial charge in [0.25, 0.3) is 5.69 Å². The molecule has 0 saturated carbocycles. The summed E-state index contributed by atoms with van der Waals surface area (Å²) < 4.78 is 15.7. The normalized spacial score (nSPS) is 11.1. The molecule has 0 amide bonds. The molecule has 2 aromatic carbocycles. The van der Waals surface area contributed by atoms with E-state index in [0.29, 0.717) is 11.4 Å². The minimum Gasteiger partial charge on any atom is -0.317 e. The molecule has 0 radical (unpaired) electrons. The summed E-state index contributed by atoms with van der Waals surface area (Å²) in [7, 11) is 0. The van der Waals surface area contributed by atoms with Gasteiger partial charge in [-0.3, -0.25) is 10.1 Å². The molecule has 0 spiro atoms. The zero-order valence-corrected chi connectivity index (χ0v) is 13.0. The lowest BCUT2D eigenvalue weighted by Crippen LogP contribution is -1.96. The molecule has 0 aliphatic carbocycles. The number of hydrogen-bond donors (Lipinski definition) is 0. The van der Waals surface area contributed by atoms with Crippen LogP contribution in [0.5, 0.6) is 0 Å². The number of hydrogen-bond acceptors (Lipinski definition) is 3. The average molecular weight is 333 g/mol. The fourth-order valence-corrected chi connectivity index (χ4v) is 2.48. The molecule has 0 atom stereocenters. The highest BCUT2D eigenvalue weighted by molar-refractivity contribution is 5.89. The molecule has 3 rings (SSSR count). The van der Waals surface area contributed by atoms with Gasteiger partial charge in [-0.2, -0.15) is 5.26 Å². The van der Waals surface area contributed by atoms with E-state index < -0.39 is 10.7 Å². The molecule has 0 aliphatic heterocycles. The summed E-state index contributed by atoms with van der Waals surface area (Å²) in [5, 5.41) is 20.1. The van der Waals surface area contributed by atoms with Crippen molar-refractivity contribution in [1.82, 2.24) is 4.57 Å². The molecule has 6 heteroatoms. The van der Waals surface area contributed by atoms with Crippen LogP contribution >= 0.6 is 0 Å². The van der Waals surface area contributed by atoms with Crippen molar-refractivity contribution in [2.45, 2.75) is 0 Å². The van der Waals surface area contributed by atoms with Gasteiger partial charge in [0.1, 0.15) is 5.82 Å². The van der Waals surface area contributed by atoms with Crippen molar-refractivity contribution >= 4 is 17.3 Å². The van der Waals surface area contributed by atoms with Gasteiger partial charge in [0.05, 0.1) is 16.6 Å². The summed E-state index contributed by atoms with van der Waals surface area (Å²) in [6, 6.07) is 17.7. The van der Waals surface area contributed by atoms with Gasteiger partial charge in [-0.25, -0.2) is 4.39 Å². The standard InChI is InChI=1S/C19H12FN3O2/c20-19-6-2-1-5-18(19)14(13-21)12-17-4-3-11-22(17)15-7-9-16(10-8-15)23(24)25/h1-12H/b14-12-. The van der Waals surface area contributed by atoms with Crippen molar-refractivity contribution in [2.24, 2.45) is 0 Å². The Kier molecular flexibility index (Phi) is 4.40. The first-order valence-electron chi connectivity index (χ1n) is 7.39. The Hall–Kier alpha value is -3.72. The van der Waals surface area contributed by atoms with E-state index in [9.17, 15) is 19.8 Å². The number of nitrogens with zero attached hydrogens (tertiary/aromatic N) is 3. The highest BCUT2D eigenvalue weighted by Crippen LogP contribution is 2.23. The van der Waals surface area contributed by atoms with Gasteiger partial charge in [-0.1, -0.05) is 18.2 Å². The Balaban J connectivity index is 2.03. The molecule has 5 nitrogen and oxygen atoms in total. The predicted octanol–water partition coefficient (Wildman–Crippen LogP) is 4.59. The number of benzene rings is 2. The Bertz CT molecular complexity index is 998. The largest absolute Gasteiger partial charge is 0.317 e. The van der Waals surface area contributed by atoms with Crippen molar-refractivity contribution in [2.75, 3.05) is 0 Å². The zero-order chi connectivity index (χ0) is 17.8. The maximum Gasteiger partial charge on any atom is 0.269 e. The third-order valence-corrected chi connectivity index (χ3v) is 3.70. The van der Waals surface area contributed by atoms with Crippen LogP contribution in [-0.2, 0) is 0 Å². The van der Waals surface area contributed by atoms with Gasteiger partial charge in [0, 0.05) is 35.3 Å². The second kappa shape index (κ2) is 6.81. The fraction of sp³-hybridized carbons (Fsp3) is 0. The van der Waals surface area contributed by atoms with Gasteiger partial charge < -0.3 is 4.57 Å². The van der Waals surface area contributed by atoms with Crippen LogP contribution < -0.4 is 0 Å². The Labute approximate surface area is 143 Å². The topological polar surface area (TPSA) is 71.9 Å². The first kappa shape index (κ1) is 16.1. The molecule has 25 heavy (non-hydrogen) atoms. The highest BCUT2D eigenvalue weighted by atomic mass is 19.1. The van der Waals surface area contributed by atoms with Crippen molar-refractivity contribution in [3.8, 4) is 11.8 Å². The zero-order valence-electron chi connectivity index (χ0n) is 13.0. The van der Waals surface area contributed by atoms with Gasteiger partial charge >= 0.3 is 0 Å². The fourth-order valence-electron chi connectivity index (χ4n) is 2.48. The first-order chi connectivity index (χ1) is 12.1. The van der Waals surface area contributed by atoms with E-state index in [0.717, 1.165) is 0 Å². The van der Waals surface area contributed by atoms with Crippen LogP contribution in [-0.4, -0.2) is 9.49 Å². The number of nitriles is 1. The second-order valence-electron chi connectivity index (χ2n) is 5.23. The molecule has 3 aromatic rings. The monoisotopic (exact) mass is 333 g/mol. The van der Waals surface area contributed by atoms with E-state index in [-0.39, 0.29) is 16.8 Å². The van der Waals surface area contributed by atoms with E-state index in [1.165, 1.54) is 18.2 Å². The summed E-state index contributed by atoms with van der Waals surface area (Å²) in [4.78, 5) is 10.3. The number of rotatable bonds is 4. The van der Waals surface area contributed by atoms with Crippen LogP contribution in [0.3, 0.4) is 0 Å². The molecule has 0 bridgehead atoms. The summed E-state index contributed by atoms with van der Waals surface area (Å²) in [6.07, 6.45) is 3.35. The molecule has 0 saturated heterocycles. The molecule has 1 aromatic heterocycles. The van der Waals surface area contributed by atoms with Gasteiger partial charge in [-0.15, -0.1) is 0 Å². The minimum atomic E-state index is -0.469. The van der Waals surface area contributed by atoms with Crippen LogP contribution in [0.15, 0.2) is 66.9 Å². The van der Waals surface area contributed by atoms with Crippen LogP contribution in [0, 0.1) is 27.3 Å². The Morgan fingerprint density at radius 2 is 1.84 bits per heavy atom. The van der Waals surface area contributed by atoms with Crippen LogP contribution in [0.4, 0.5) is 10.1 Å². The van der Waals surface area contributed by atoms with E-state index in [1.807, 2.05) is 6.07 Å². The third kappa shape index (κ3) is 3.31. The third-order valence-electron chi connectivity index (χ3n) is 3.70. The lowest BCUT2D eigenvalue weighted by atomic mass is 10.1. The molecule has 1 heterocycles. The summed E-state index contributed by atoms with van der Waals surface area (Å²) in [6.45, 7) is 0. The van der Waals surface area contributed by atoms with Crippen molar-refractivity contribution < 1.29 is 9.31 Å². The smallest absolute Gasteiger partial charge is 0.269 e. The maximum absolute atomic E-state index is 13.9. The first-order valence-corrected chi connectivity index (χ1v) is 7.39. The van der Waals surface area contributed by atoms with Crippen molar-refractivity contribution in [1.29, 1.82) is 5.26 Å².